The van der Waals surface area contributed by atoms with Gasteiger partial charge in [0.2, 0.25) is 11.9 Å². The van der Waals surface area contributed by atoms with Gasteiger partial charge in [0.15, 0.2) is 0 Å². The van der Waals surface area contributed by atoms with Gasteiger partial charge in [0.05, 0.1) is 6.61 Å². The molecule has 0 saturated heterocycles. The average molecular weight is 302 g/mol. The van der Waals surface area contributed by atoms with Crippen LogP contribution in [-0.4, -0.2) is 23.7 Å². The second kappa shape index (κ2) is 9.14. The number of carbonyl (C=O) groups is 2. The molecule has 0 spiro atoms. The van der Waals surface area contributed by atoms with Crippen LogP contribution in [0.25, 0.3) is 0 Å². The van der Waals surface area contributed by atoms with E-state index in [4.69, 9.17) is 9.84 Å². The standard InChI is InChI=1S/C8H9O2.C6H5O2.Fe/c1-2-10-8(9)7-5-3-4-6-7;7-6(8)5-3-1-2-4-5;/h3-6H,2H2,1H3;1-4H,(H,7,8);/q2*-1;+2. The summed E-state index contributed by atoms with van der Waals surface area (Å²) in [6.45, 7) is 2.23. The summed E-state index contributed by atoms with van der Waals surface area (Å²) in [5.41, 5.74) is 0.979. The normalized spacial score (nSPS) is 8.68. The third kappa shape index (κ3) is 6.04. The Bertz CT molecular complexity index is 472. The third-order valence-electron chi connectivity index (χ3n) is 2.08. The molecule has 2 rings (SSSR count). The van der Waals surface area contributed by atoms with E-state index in [9.17, 15) is 9.59 Å². The van der Waals surface area contributed by atoms with Crippen molar-refractivity contribution >= 4 is 11.9 Å². The summed E-state index contributed by atoms with van der Waals surface area (Å²) >= 11 is 0. The first-order valence-electron chi connectivity index (χ1n) is 5.49. The number of carboxylic acids is 1. The molecule has 4 nitrogen and oxygen atoms in total. The number of ether oxygens (including phenoxy) is 1. The molecule has 19 heavy (non-hydrogen) atoms. The van der Waals surface area contributed by atoms with E-state index >= 15 is 0 Å². The molecule has 2 aromatic rings. The summed E-state index contributed by atoms with van der Waals surface area (Å²) in [7, 11) is 0. The number of rotatable bonds is 3. The topological polar surface area (TPSA) is 63.6 Å². The number of esters is 1. The van der Waals surface area contributed by atoms with E-state index in [0.29, 0.717) is 17.7 Å². The van der Waals surface area contributed by atoms with Crippen molar-refractivity contribution in [2.75, 3.05) is 6.61 Å². The van der Waals surface area contributed by atoms with E-state index in [1.807, 2.05) is 12.1 Å². The Hall–Kier alpha value is -1.84. The van der Waals surface area contributed by atoms with Crippen LogP contribution in [-0.2, 0) is 21.8 Å². The van der Waals surface area contributed by atoms with Crippen LogP contribution >= 0.6 is 0 Å². The monoisotopic (exact) mass is 302 g/mol. The van der Waals surface area contributed by atoms with Gasteiger partial charge in [-0.1, -0.05) is 11.1 Å². The van der Waals surface area contributed by atoms with Crippen LogP contribution in [0, 0.1) is 0 Å². The Morgan fingerprint density at radius 1 is 1.16 bits per heavy atom. The van der Waals surface area contributed by atoms with Gasteiger partial charge in [0, 0.05) is 0 Å². The average Bonchev–Trinajstić information content (AvgIpc) is 3.04. The van der Waals surface area contributed by atoms with Crippen molar-refractivity contribution < 1.29 is 36.5 Å². The molecule has 0 aromatic heterocycles. The van der Waals surface area contributed by atoms with Crippen LogP contribution in [0.4, 0.5) is 0 Å². The Morgan fingerprint density at radius 3 is 2.00 bits per heavy atom. The summed E-state index contributed by atoms with van der Waals surface area (Å²) in [5.74, 6) is -1.11. The molecule has 0 amide bonds. The molecule has 5 heteroatoms. The van der Waals surface area contributed by atoms with E-state index in [1.54, 1.807) is 43.3 Å². The summed E-state index contributed by atoms with van der Waals surface area (Å²) in [5, 5.41) is 8.27. The SMILES string of the molecule is CCOC(=O)c1ccc[cH-]1.O=C(O)c1ccc[cH-]1.[Fe+2]. The van der Waals surface area contributed by atoms with Crippen LogP contribution in [0.5, 0.6) is 0 Å². The zero-order valence-electron chi connectivity index (χ0n) is 10.4. The van der Waals surface area contributed by atoms with Crippen molar-refractivity contribution in [3.8, 4) is 0 Å². The molecule has 0 bridgehead atoms. The fraction of sp³-hybridized carbons (Fsp3) is 0.143. The maximum absolute atomic E-state index is 10.9. The van der Waals surface area contributed by atoms with Crippen LogP contribution in [0.2, 0.25) is 0 Å². The molecule has 1 N–H and O–H groups in total. The minimum absolute atomic E-state index is 0. The molecule has 0 radical (unpaired) electrons. The van der Waals surface area contributed by atoms with E-state index in [0.717, 1.165) is 0 Å². The van der Waals surface area contributed by atoms with Crippen LogP contribution < -0.4 is 0 Å². The molecule has 0 heterocycles. The second-order valence-electron chi connectivity index (χ2n) is 3.37. The van der Waals surface area contributed by atoms with Crippen molar-refractivity contribution in [2.45, 2.75) is 6.92 Å². The molecule has 2 aromatic carbocycles. The number of carboxylic acid groups (broad SMARTS) is 1. The predicted molar refractivity (Wildman–Crippen MR) is 67.0 cm³/mol. The summed E-state index contributed by atoms with van der Waals surface area (Å²) in [4.78, 5) is 20.9. The minimum Gasteiger partial charge on any atom is -0.521 e. The molecular weight excluding hydrogens is 288 g/mol. The molecule has 0 unspecified atom stereocenters. The second-order valence-corrected chi connectivity index (χ2v) is 3.37. The van der Waals surface area contributed by atoms with Crippen molar-refractivity contribution in [1.29, 1.82) is 0 Å². The molecule has 102 valence electrons. The first-order chi connectivity index (χ1) is 8.65. The molecule has 0 aliphatic heterocycles. The Morgan fingerprint density at radius 2 is 1.68 bits per heavy atom. The van der Waals surface area contributed by atoms with Gasteiger partial charge in [-0.3, -0.25) is 0 Å². The number of hydrogen-bond acceptors (Lipinski definition) is 3. The van der Waals surface area contributed by atoms with E-state index in [2.05, 4.69) is 0 Å². The van der Waals surface area contributed by atoms with Crippen molar-refractivity contribution in [1.82, 2.24) is 0 Å². The number of hydrogen-bond donors (Lipinski definition) is 1. The van der Waals surface area contributed by atoms with Crippen LogP contribution in [0.3, 0.4) is 0 Å². The summed E-state index contributed by atoms with van der Waals surface area (Å²) in [6.07, 6.45) is 0. The van der Waals surface area contributed by atoms with E-state index in [1.165, 1.54) is 0 Å². The quantitative estimate of drug-likeness (QED) is 0.538. The Kier molecular flexibility index (Phi) is 8.25. The molecule has 0 saturated carbocycles. The Balaban J connectivity index is 0.000000331. The summed E-state index contributed by atoms with van der Waals surface area (Å²) in [6, 6.07) is 13.6. The maximum Gasteiger partial charge on any atom is 2.00 e. The van der Waals surface area contributed by atoms with E-state index in [-0.39, 0.29) is 23.0 Å². The fourth-order valence-electron chi connectivity index (χ4n) is 1.24. The van der Waals surface area contributed by atoms with Gasteiger partial charge < -0.3 is 19.4 Å². The first kappa shape index (κ1) is 17.2. The zero-order valence-corrected chi connectivity index (χ0v) is 11.5. The molecule has 0 fully saturated rings. The van der Waals surface area contributed by atoms with Gasteiger partial charge in [0.1, 0.15) is 0 Å². The van der Waals surface area contributed by atoms with Crippen molar-refractivity contribution in [3.05, 3.63) is 59.7 Å². The van der Waals surface area contributed by atoms with Crippen molar-refractivity contribution in [3.63, 3.8) is 0 Å². The van der Waals surface area contributed by atoms with Crippen LogP contribution in [0.1, 0.15) is 27.6 Å². The molecular formula is C14H14FeO4. The fourth-order valence-corrected chi connectivity index (χ4v) is 1.24. The van der Waals surface area contributed by atoms with Gasteiger partial charge >= 0.3 is 17.1 Å². The first-order valence-corrected chi connectivity index (χ1v) is 5.49. The Labute approximate surface area is 122 Å². The molecule has 0 atom stereocenters. The van der Waals surface area contributed by atoms with Crippen LogP contribution in [0.15, 0.2) is 48.5 Å². The third-order valence-corrected chi connectivity index (χ3v) is 2.08. The van der Waals surface area contributed by atoms with Gasteiger partial charge in [-0.15, -0.1) is 12.1 Å². The largest absolute Gasteiger partial charge is 2.00 e. The summed E-state index contributed by atoms with van der Waals surface area (Å²) < 4.78 is 4.75. The minimum atomic E-state index is -0.866. The number of aromatic carboxylic acids is 1. The van der Waals surface area contributed by atoms with Gasteiger partial charge in [-0.25, -0.2) is 0 Å². The van der Waals surface area contributed by atoms with Crippen molar-refractivity contribution in [2.24, 2.45) is 0 Å². The number of carbonyl (C=O) groups excluding carboxylic acids is 1. The van der Waals surface area contributed by atoms with Gasteiger partial charge in [-0.05, 0) is 6.92 Å². The smallest absolute Gasteiger partial charge is 0.521 e. The van der Waals surface area contributed by atoms with Gasteiger partial charge in [0.25, 0.3) is 0 Å². The van der Waals surface area contributed by atoms with Gasteiger partial charge in [-0.2, -0.15) is 36.4 Å². The predicted octanol–water partition coefficient (Wildman–Crippen LogP) is 2.68. The van der Waals surface area contributed by atoms with E-state index < -0.39 is 5.97 Å². The molecule has 0 aliphatic rings. The zero-order chi connectivity index (χ0) is 13.4. The maximum atomic E-state index is 10.9. The molecule has 0 aliphatic carbocycles.